The molecule has 1 aliphatic heterocycles. The fourth-order valence-corrected chi connectivity index (χ4v) is 2.16. The van der Waals surface area contributed by atoms with Crippen molar-refractivity contribution in [2.45, 2.75) is 58.7 Å². The molecule has 3 atom stereocenters. The Morgan fingerprint density at radius 1 is 1.42 bits per heavy atom. The molecule has 0 aromatic rings. The van der Waals surface area contributed by atoms with E-state index in [1.165, 1.54) is 0 Å². The number of ether oxygens (including phenoxy) is 1. The van der Waals surface area contributed by atoms with Gasteiger partial charge in [0.15, 0.2) is 0 Å². The number of rotatable bonds is 5. The molecule has 1 aliphatic rings. The largest absolute Gasteiger partial charge is 0.377 e. The maximum atomic E-state index is 12.5. The molecular weight excluding hydrogens is 244 g/mol. The van der Waals surface area contributed by atoms with Gasteiger partial charge in [-0.1, -0.05) is 20.3 Å². The van der Waals surface area contributed by atoms with E-state index in [2.05, 4.69) is 5.32 Å². The van der Waals surface area contributed by atoms with Gasteiger partial charge in [0.05, 0.1) is 5.60 Å². The summed E-state index contributed by atoms with van der Waals surface area (Å²) in [7, 11) is 1.62. The van der Waals surface area contributed by atoms with Gasteiger partial charge < -0.3 is 15.0 Å². The first-order valence-electron chi connectivity index (χ1n) is 6.89. The summed E-state index contributed by atoms with van der Waals surface area (Å²) in [5.41, 5.74) is -0.457. The van der Waals surface area contributed by atoms with Crippen LogP contribution in [0.4, 0.5) is 0 Å². The molecule has 0 aliphatic carbocycles. The van der Waals surface area contributed by atoms with Gasteiger partial charge in [-0.05, 0) is 26.7 Å². The highest BCUT2D eigenvalue weighted by Gasteiger charge is 2.41. The second-order valence-corrected chi connectivity index (χ2v) is 5.98. The molecule has 19 heavy (non-hydrogen) atoms. The minimum absolute atomic E-state index is 0.00780. The second-order valence-electron chi connectivity index (χ2n) is 5.98. The van der Waals surface area contributed by atoms with E-state index in [-0.39, 0.29) is 17.7 Å². The van der Waals surface area contributed by atoms with Crippen molar-refractivity contribution in [2.75, 3.05) is 13.7 Å². The number of piperazine rings is 1. The Hall–Kier alpha value is -1.10. The van der Waals surface area contributed by atoms with Gasteiger partial charge in [0.1, 0.15) is 12.1 Å². The number of nitrogens with one attached hydrogen (secondary N) is 1. The molecule has 1 heterocycles. The molecule has 0 saturated carbocycles. The van der Waals surface area contributed by atoms with Crippen LogP contribution >= 0.6 is 0 Å². The summed E-state index contributed by atoms with van der Waals surface area (Å²) in [4.78, 5) is 26.2. The van der Waals surface area contributed by atoms with Crippen LogP contribution in [0, 0.1) is 5.92 Å². The van der Waals surface area contributed by atoms with Crippen molar-refractivity contribution in [1.82, 2.24) is 10.2 Å². The zero-order valence-corrected chi connectivity index (χ0v) is 12.8. The van der Waals surface area contributed by atoms with E-state index in [0.717, 1.165) is 6.42 Å². The van der Waals surface area contributed by atoms with Crippen LogP contribution in [-0.4, -0.2) is 48.1 Å². The molecule has 5 nitrogen and oxygen atoms in total. The third kappa shape index (κ3) is 3.47. The maximum Gasteiger partial charge on any atom is 0.246 e. The number of hydrogen-bond donors (Lipinski definition) is 1. The number of nitrogens with zero attached hydrogens (tertiary/aromatic N) is 1. The topological polar surface area (TPSA) is 58.6 Å². The summed E-state index contributed by atoms with van der Waals surface area (Å²) in [6.45, 7) is 10.0. The van der Waals surface area contributed by atoms with Crippen molar-refractivity contribution in [1.29, 1.82) is 0 Å². The Morgan fingerprint density at radius 3 is 2.47 bits per heavy atom. The molecule has 0 bridgehead atoms. The van der Waals surface area contributed by atoms with Crippen molar-refractivity contribution >= 4 is 11.8 Å². The predicted octanol–water partition coefficient (Wildman–Crippen LogP) is 1.17. The van der Waals surface area contributed by atoms with Gasteiger partial charge in [-0.15, -0.1) is 0 Å². The standard InChI is InChI=1S/C14H26N2O3/c1-7-9(2)11-13(18)16(8-14(4,5)19-6)10(3)12(17)15-11/h9-11H,7-8H2,1-6H3,(H,15,17). The Kier molecular flexibility index (Phi) is 4.96. The number of hydrogen-bond acceptors (Lipinski definition) is 3. The van der Waals surface area contributed by atoms with Gasteiger partial charge in [0, 0.05) is 13.7 Å². The molecule has 1 rings (SSSR count). The van der Waals surface area contributed by atoms with E-state index in [1.807, 2.05) is 27.7 Å². The summed E-state index contributed by atoms with van der Waals surface area (Å²) in [6, 6.07) is -0.858. The van der Waals surface area contributed by atoms with Gasteiger partial charge in [0.2, 0.25) is 11.8 Å². The van der Waals surface area contributed by atoms with E-state index in [9.17, 15) is 9.59 Å². The van der Waals surface area contributed by atoms with Crippen LogP contribution in [-0.2, 0) is 14.3 Å². The molecule has 110 valence electrons. The fraction of sp³-hybridized carbons (Fsp3) is 0.857. The summed E-state index contributed by atoms with van der Waals surface area (Å²) in [6.07, 6.45) is 0.854. The molecular formula is C14H26N2O3. The number of carbonyl (C=O) groups excluding carboxylic acids is 2. The zero-order chi connectivity index (χ0) is 14.8. The lowest BCUT2D eigenvalue weighted by molar-refractivity contribution is -0.154. The van der Waals surface area contributed by atoms with E-state index >= 15 is 0 Å². The minimum atomic E-state index is -0.457. The van der Waals surface area contributed by atoms with E-state index in [1.54, 1.807) is 18.9 Å². The van der Waals surface area contributed by atoms with E-state index < -0.39 is 17.7 Å². The van der Waals surface area contributed by atoms with Crippen molar-refractivity contribution < 1.29 is 14.3 Å². The Labute approximate surface area is 115 Å². The molecule has 1 N–H and O–H groups in total. The first-order valence-corrected chi connectivity index (χ1v) is 6.89. The van der Waals surface area contributed by atoms with Crippen LogP contribution in [0.3, 0.4) is 0 Å². The first-order chi connectivity index (χ1) is 8.73. The van der Waals surface area contributed by atoms with Gasteiger partial charge in [-0.25, -0.2) is 0 Å². The average molecular weight is 270 g/mol. The number of amides is 2. The molecule has 0 aromatic heterocycles. The normalized spacial score (nSPS) is 26.3. The van der Waals surface area contributed by atoms with Crippen LogP contribution in [0.5, 0.6) is 0 Å². The average Bonchev–Trinajstić information content (AvgIpc) is 2.38. The van der Waals surface area contributed by atoms with Crippen LogP contribution in [0.1, 0.15) is 41.0 Å². The molecule has 5 heteroatoms. The molecule has 1 fully saturated rings. The predicted molar refractivity (Wildman–Crippen MR) is 73.6 cm³/mol. The Bertz CT molecular complexity index is 355. The summed E-state index contributed by atoms with van der Waals surface area (Å²) < 4.78 is 5.37. The molecule has 3 unspecified atom stereocenters. The van der Waals surface area contributed by atoms with Crippen molar-refractivity contribution in [2.24, 2.45) is 5.92 Å². The minimum Gasteiger partial charge on any atom is -0.377 e. The van der Waals surface area contributed by atoms with Crippen molar-refractivity contribution in [3.8, 4) is 0 Å². The first kappa shape index (κ1) is 16.0. The lowest BCUT2D eigenvalue weighted by Crippen LogP contribution is -2.65. The van der Waals surface area contributed by atoms with E-state index in [0.29, 0.717) is 6.54 Å². The van der Waals surface area contributed by atoms with Crippen molar-refractivity contribution in [3.05, 3.63) is 0 Å². The molecule has 0 spiro atoms. The monoisotopic (exact) mass is 270 g/mol. The smallest absolute Gasteiger partial charge is 0.246 e. The molecule has 1 saturated heterocycles. The van der Waals surface area contributed by atoms with Gasteiger partial charge in [0.25, 0.3) is 0 Å². The molecule has 0 aromatic carbocycles. The summed E-state index contributed by atoms with van der Waals surface area (Å²) >= 11 is 0. The molecule has 0 radical (unpaired) electrons. The van der Waals surface area contributed by atoms with Crippen LogP contribution in [0.2, 0.25) is 0 Å². The zero-order valence-electron chi connectivity index (χ0n) is 12.8. The summed E-state index contributed by atoms with van der Waals surface area (Å²) in [5.74, 6) is 0.0421. The number of carbonyl (C=O) groups is 2. The lowest BCUT2D eigenvalue weighted by atomic mass is 9.93. The highest BCUT2D eigenvalue weighted by molar-refractivity contribution is 5.96. The SMILES string of the molecule is CCC(C)C1NC(=O)C(C)N(CC(C)(C)OC)C1=O. The van der Waals surface area contributed by atoms with E-state index in [4.69, 9.17) is 4.74 Å². The van der Waals surface area contributed by atoms with Crippen molar-refractivity contribution in [3.63, 3.8) is 0 Å². The fourth-order valence-electron chi connectivity index (χ4n) is 2.16. The van der Waals surface area contributed by atoms with Gasteiger partial charge in [-0.3, -0.25) is 9.59 Å². The third-order valence-corrected chi connectivity index (χ3v) is 4.01. The van der Waals surface area contributed by atoms with Gasteiger partial charge >= 0.3 is 0 Å². The van der Waals surface area contributed by atoms with Crippen LogP contribution < -0.4 is 5.32 Å². The van der Waals surface area contributed by atoms with Crippen LogP contribution in [0.15, 0.2) is 0 Å². The molecule has 2 amide bonds. The Balaban J connectivity index is 2.93. The highest BCUT2D eigenvalue weighted by Crippen LogP contribution is 2.21. The Morgan fingerprint density at radius 2 is 2.00 bits per heavy atom. The van der Waals surface area contributed by atoms with Crippen LogP contribution in [0.25, 0.3) is 0 Å². The third-order valence-electron chi connectivity index (χ3n) is 4.01. The summed E-state index contributed by atoms with van der Waals surface area (Å²) in [5, 5.41) is 2.83. The highest BCUT2D eigenvalue weighted by atomic mass is 16.5. The quantitative estimate of drug-likeness (QED) is 0.816. The second kappa shape index (κ2) is 5.90. The van der Waals surface area contributed by atoms with Gasteiger partial charge in [-0.2, -0.15) is 0 Å². The number of methoxy groups -OCH3 is 1. The maximum absolute atomic E-state index is 12.5. The lowest BCUT2D eigenvalue weighted by Gasteiger charge is -2.42.